The first kappa shape index (κ1) is 13.9. The summed E-state index contributed by atoms with van der Waals surface area (Å²) in [6.45, 7) is 2.31. The summed E-state index contributed by atoms with van der Waals surface area (Å²) in [6, 6.07) is 3.60. The van der Waals surface area contributed by atoms with Gasteiger partial charge in [-0.3, -0.25) is 9.59 Å². The topological polar surface area (TPSA) is 64.2 Å². The molecule has 0 spiro atoms. The van der Waals surface area contributed by atoms with E-state index in [4.69, 9.17) is 4.42 Å². The second-order valence-electron chi connectivity index (χ2n) is 5.97. The average molecular weight is 288 g/mol. The summed E-state index contributed by atoms with van der Waals surface area (Å²) in [5, 5.41) is 3.55. The molecule has 5 heteroatoms. The van der Waals surface area contributed by atoms with Gasteiger partial charge in [-0.05, 0) is 43.7 Å². The van der Waals surface area contributed by atoms with E-state index in [1.54, 1.807) is 18.3 Å². The lowest BCUT2D eigenvalue weighted by Crippen LogP contribution is -2.40. The highest BCUT2D eigenvalue weighted by Gasteiger charge is 2.20. The highest BCUT2D eigenvalue weighted by molar-refractivity contribution is 5.78. The number of nitrogens with one attached hydrogen (secondary N) is 1. The maximum Gasteiger partial charge on any atom is 0.262 e. The van der Waals surface area contributed by atoms with Crippen molar-refractivity contribution in [2.24, 2.45) is 5.92 Å². The molecule has 1 fully saturated rings. The molecule has 0 saturated heterocycles. The van der Waals surface area contributed by atoms with Crippen molar-refractivity contribution in [2.75, 3.05) is 0 Å². The number of pyridine rings is 1. The van der Waals surface area contributed by atoms with Gasteiger partial charge in [0.1, 0.15) is 12.1 Å². The number of hydrogen-bond donors (Lipinski definition) is 1. The highest BCUT2D eigenvalue weighted by atomic mass is 16.3. The predicted molar refractivity (Wildman–Crippen MR) is 80.0 cm³/mol. The van der Waals surface area contributed by atoms with Gasteiger partial charge >= 0.3 is 0 Å². The maximum absolute atomic E-state index is 12.2. The van der Waals surface area contributed by atoms with E-state index < -0.39 is 0 Å². The fourth-order valence-corrected chi connectivity index (χ4v) is 2.96. The van der Waals surface area contributed by atoms with Gasteiger partial charge in [0.05, 0.1) is 11.6 Å². The van der Waals surface area contributed by atoms with Gasteiger partial charge in [-0.15, -0.1) is 0 Å². The molecular formula is C16H20N2O3. The first-order chi connectivity index (χ1) is 10.1. The van der Waals surface area contributed by atoms with Gasteiger partial charge in [0, 0.05) is 12.2 Å². The third kappa shape index (κ3) is 3.01. The van der Waals surface area contributed by atoms with Gasteiger partial charge in [-0.2, -0.15) is 0 Å². The molecule has 0 bridgehead atoms. The fourth-order valence-electron chi connectivity index (χ4n) is 2.96. The third-order valence-corrected chi connectivity index (χ3v) is 4.29. The maximum atomic E-state index is 12.2. The van der Waals surface area contributed by atoms with Crippen LogP contribution in [0.1, 0.15) is 32.6 Å². The van der Waals surface area contributed by atoms with Crippen LogP contribution in [0, 0.1) is 5.92 Å². The van der Waals surface area contributed by atoms with E-state index in [0.29, 0.717) is 11.0 Å². The van der Waals surface area contributed by atoms with Gasteiger partial charge in [-0.1, -0.05) is 6.92 Å². The average Bonchev–Trinajstić information content (AvgIpc) is 2.94. The molecule has 0 aliphatic heterocycles. The first-order valence-corrected chi connectivity index (χ1v) is 7.49. The monoisotopic (exact) mass is 288 g/mol. The zero-order chi connectivity index (χ0) is 14.8. The number of nitrogens with zero attached hydrogens (tertiary/aromatic N) is 1. The quantitative estimate of drug-likeness (QED) is 0.942. The Bertz CT molecular complexity index is 693. The molecule has 2 heterocycles. The molecule has 5 nitrogen and oxygen atoms in total. The second-order valence-corrected chi connectivity index (χ2v) is 5.97. The Balaban J connectivity index is 1.66. The van der Waals surface area contributed by atoms with Crippen LogP contribution < -0.4 is 10.9 Å². The number of hydrogen-bond acceptors (Lipinski definition) is 3. The SMILES string of the molecule is CC1CCC(NC(=O)Cn2ccc3occc3c2=O)CC1. The molecule has 0 aromatic carbocycles. The lowest BCUT2D eigenvalue weighted by molar-refractivity contribution is -0.122. The predicted octanol–water partition coefficient (Wildman–Crippen LogP) is 2.29. The van der Waals surface area contributed by atoms with Crippen LogP contribution in [-0.2, 0) is 11.3 Å². The van der Waals surface area contributed by atoms with Gasteiger partial charge in [-0.25, -0.2) is 0 Å². The number of rotatable bonds is 3. The van der Waals surface area contributed by atoms with Crippen molar-refractivity contribution >= 4 is 16.9 Å². The summed E-state index contributed by atoms with van der Waals surface area (Å²) in [5.41, 5.74) is 0.367. The Morgan fingerprint density at radius 1 is 1.33 bits per heavy atom. The highest BCUT2D eigenvalue weighted by Crippen LogP contribution is 2.23. The molecule has 1 aliphatic rings. The molecule has 0 atom stereocenters. The second kappa shape index (κ2) is 5.76. The van der Waals surface area contributed by atoms with Crippen LogP contribution in [0.2, 0.25) is 0 Å². The van der Waals surface area contributed by atoms with E-state index in [0.717, 1.165) is 31.6 Å². The smallest absolute Gasteiger partial charge is 0.262 e. The van der Waals surface area contributed by atoms with Crippen molar-refractivity contribution in [3.05, 3.63) is 34.9 Å². The molecule has 1 N–H and O–H groups in total. The summed E-state index contributed by atoms with van der Waals surface area (Å²) in [6.07, 6.45) is 7.47. The minimum Gasteiger partial charge on any atom is -0.464 e. The molecule has 0 radical (unpaired) electrons. The Kier molecular flexibility index (Phi) is 3.82. The van der Waals surface area contributed by atoms with Crippen LogP contribution in [-0.4, -0.2) is 16.5 Å². The molecule has 2 aromatic heterocycles. The zero-order valence-electron chi connectivity index (χ0n) is 12.2. The summed E-state index contributed by atoms with van der Waals surface area (Å²) in [4.78, 5) is 24.3. The molecule has 1 aliphatic carbocycles. The van der Waals surface area contributed by atoms with Crippen molar-refractivity contribution in [3.8, 4) is 0 Å². The molecule has 1 amide bonds. The lowest BCUT2D eigenvalue weighted by Gasteiger charge is -2.27. The molecule has 1 saturated carbocycles. The molecule has 3 rings (SSSR count). The van der Waals surface area contributed by atoms with Gasteiger partial charge in [0.25, 0.3) is 5.56 Å². The first-order valence-electron chi connectivity index (χ1n) is 7.49. The summed E-state index contributed by atoms with van der Waals surface area (Å²) < 4.78 is 6.61. The van der Waals surface area contributed by atoms with E-state index in [1.165, 1.54) is 10.8 Å². The van der Waals surface area contributed by atoms with Crippen LogP contribution in [0.3, 0.4) is 0 Å². The van der Waals surface area contributed by atoms with Gasteiger partial charge in [0.2, 0.25) is 5.91 Å². The molecule has 0 unspecified atom stereocenters. The van der Waals surface area contributed by atoms with Crippen LogP contribution in [0.25, 0.3) is 11.0 Å². The number of carbonyl (C=O) groups is 1. The molecule has 2 aromatic rings. The summed E-state index contributed by atoms with van der Waals surface area (Å²) in [5.74, 6) is 0.656. The summed E-state index contributed by atoms with van der Waals surface area (Å²) in [7, 11) is 0. The van der Waals surface area contributed by atoms with Crippen molar-refractivity contribution in [3.63, 3.8) is 0 Å². The number of carbonyl (C=O) groups excluding carboxylic acids is 1. The van der Waals surface area contributed by atoms with E-state index in [2.05, 4.69) is 12.2 Å². The van der Waals surface area contributed by atoms with Crippen LogP contribution in [0.5, 0.6) is 0 Å². The normalized spacial score (nSPS) is 22.3. The van der Waals surface area contributed by atoms with Crippen molar-refractivity contribution < 1.29 is 9.21 Å². The minimum absolute atomic E-state index is 0.0615. The largest absolute Gasteiger partial charge is 0.464 e. The number of aromatic nitrogens is 1. The third-order valence-electron chi connectivity index (χ3n) is 4.29. The standard InChI is InChI=1S/C16H20N2O3/c1-11-2-4-12(5-3-11)17-15(19)10-18-8-6-14-13(16(18)20)7-9-21-14/h6-9,11-12H,2-5,10H2,1H3,(H,17,19). The number of fused-ring (bicyclic) bond motifs is 1. The molecule has 112 valence electrons. The molecular weight excluding hydrogens is 268 g/mol. The Morgan fingerprint density at radius 3 is 2.86 bits per heavy atom. The summed E-state index contributed by atoms with van der Waals surface area (Å²) >= 11 is 0. The van der Waals surface area contributed by atoms with Crippen LogP contribution in [0.15, 0.2) is 33.8 Å². The van der Waals surface area contributed by atoms with E-state index in [-0.39, 0.29) is 24.1 Å². The zero-order valence-corrected chi connectivity index (χ0v) is 12.2. The number of amides is 1. The minimum atomic E-state index is -0.186. The van der Waals surface area contributed by atoms with Crippen LogP contribution >= 0.6 is 0 Å². The van der Waals surface area contributed by atoms with Crippen LogP contribution in [0.4, 0.5) is 0 Å². The van der Waals surface area contributed by atoms with Crippen molar-refractivity contribution in [2.45, 2.75) is 45.2 Å². The Morgan fingerprint density at radius 2 is 2.10 bits per heavy atom. The van der Waals surface area contributed by atoms with Crippen molar-refractivity contribution in [1.82, 2.24) is 9.88 Å². The Hall–Kier alpha value is -2.04. The lowest BCUT2D eigenvalue weighted by atomic mass is 9.87. The fraction of sp³-hybridized carbons (Fsp3) is 0.500. The number of furan rings is 1. The van der Waals surface area contributed by atoms with E-state index in [1.807, 2.05) is 0 Å². The molecule has 21 heavy (non-hydrogen) atoms. The van der Waals surface area contributed by atoms with E-state index >= 15 is 0 Å². The van der Waals surface area contributed by atoms with Crippen molar-refractivity contribution in [1.29, 1.82) is 0 Å². The Labute approximate surface area is 122 Å². The van der Waals surface area contributed by atoms with Gasteiger partial charge in [0.15, 0.2) is 0 Å². The van der Waals surface area contributed by atoms with E-state index in [9.17, 15) is 9.59 Å². The van der Waals surface area contributed by atoms with Gasteiger partial charge < -0.3 is 14.3 Å².